The van der Waals surface area contributed by atoms with Crippen molar-refractivity contribution in [3.8, 4) is 0 Å². The molecular formula is C14H24N6OS. The van der Waals surface area contributed by atoms with Crippen molar-refractivity contribution in [1.82, 2.24) is 15.7 Å². The van der Waals surface area contributed by atoms with Gasteiger partial charge in [-0.15, -0.1) is 0 Å². The van der Waals surface area contributed by atoms with Gasteiger partial charge in [0.05, 0.1) is 18.4 Å². The highest BCUT2D eigenvalue weighted by Crippen LogP contribution is 2.18. The average Bonchev–Trinajstić information content (AvgIpc) is 2.45. The molecule has 8 heteroatoms. The molecule has 0 saturated heterocycles. The average molecular weight is 324 g/mol. The number of thiocarbonyl (C=S) groups is 1. The van der Waals surface area contributed by atoms with Gasteiger partial charge in [0.1, 0.15) is 5.82 Å². The number of carbonyl (C=O) groups excluding carboxylic acids is 1. The summed E-state index contributed by atoms with van der Waals surface area (Å²) in [5.74, 6) is 0.194. The maximum Gasteiger partial charge on any atom is 0.252 e. The van der Waals surface area contributed by atoms with Crippen LogP contribution in [0.3, 0.4) is 0 Å². The summed E-state index contributed by atoms with van der Waals surface area (Å²) in [6.45, 7) is 8.43. The molecule has 22 heavy (non-hydrogen) atoms. The Balaban J connectivity index is 2.50. The van der Waals surface area contributed by atoms with Crippen molar-refractivity contribution < 1.29 is 4.79 Å². The Morgan fingerprint density at radius 1 is 1.41 bits per heavy atom. The lowest BCUT2D eigenvalue weighted by molar-refractivity contribution is -0.119. The lowest BCUT2D eigenvalue weighted by Crippen LogP contribution is -2.43. The maximum atomic E-state index is 11.0. The van der Waals surface area contributed by atoms with E-state index >= 15 is 0 Å². The zero-order chi connectivity index (χ0) is 16.8. The first kappa shape index (κ1) is 18.1. The molecule has 0 spiro atoms. The van der Waals surface area contributed by atoms with Crippen LogP contribution >= 0.6 is 12.2 Å². The zero-order valence-electron chi connectivity index (χ0n) is 13.4. The van der Waals surface area contributed by atoms with Gasteiger partial charge in [-0.2, -0.15) is 0 Å². The molecule has 0 aliphatic heterocycles. The van der Waals surface area contributed by atoms with Gasteiger partial charge in [0.2, 0.25) is 0 Å². The molecule has 1 amide bonds. The van der Waals surface area contributed by atoms with Crippen molar-refractivity contribution in [2.45, 2.75) is 33.7 Å². The lowest BCUT2D eigenvalue weighted by atomic mass is 9.88. The number of hydrogen-bond acceptors (Lipinski definition) is 5. The van der Waals surface area contributed by atoms with Crippen LogP contribution in [0.4, 0.5) is 11.5 Å². The van der Waals surface area contributed by atoms with Gasteiger partial charge < -0.3 is 16.4 Å². The Labute approximate surface area is 136 Å². The smallest absolute Gasteiger partial charge is 0.252 e. The molecule has 0 aliphatic carbocycles. The van der Waals surface area contributed by atoms with Gasteiger partial charge in [-0.05, 0) is 36.7 Å². The summed E-state index contributed by atoms with van der Waals surface area (Å²) in [5, 5.41) is 6.85. The SMILES string of the molecule is CC(NC(=S)Nc1ccc(NNC(=O)CN)nc1)C(C)(C)C. The Hall–Kier alpha value is -1.93. The third-order valence-corrected chi connectivity index (χ3v) is 3.40. The van der Waals surface area contributed by atoms with Crippen molar-refractivity contribution >= 4 is 34.7 Å². The highest BCUT2D eigenvalue weighted by molar-refractivity contribution is 7.80. The quantitative estimate of drug-likeness (QED) is 0.409. The van der Waals surface area contributed by atoms with Crippen LogP contribution in [0.25, 0.3) is 0 Å². The minimum Gasteiger partial charge on any atom is -0.359 e. The van der Waals surface area contributed by atoms with E-state index in [-0.39, 0.29) is 23.9 Å². The first-order valence-corrected chi connectivity index (χ1v) is 7.41. The second-order valence-electron chi connectivity index (χ2n) is 6.00. The van der Waals surface area contributed by atoms with E-state index in [9.17, 15) is 4.79 Å². The summed E-state index contributed by atoms with van der Waals surface area (Å²) < 4.78 is 0. The third-order valence-electron chi connectivity index (χ3n) is 3.18. The number of pyridine rings is 1. The van der Waals surface area contributed by atoms with Gasteiger partial charge in [-0.1, -0.05) is 20.8 Å². The number of nitrogens with one attached hydrogen (secondary N) is 4. The fourth-order valence-corrected chi connectivity index (χ4v) is 1.60. The molecule has 1 aromatic heterocycles. The molecule has 1 rings (SSSR count). The molecule has 1 aromatic rings. The van der Waals surface area contributed by atoms with Gasteiger partial charge in [0, 0.05) is 6.04 Å². The minimum absolute atomic E-state index is 0.0848. The fourth-order valence-electron chi connectivity index (χ4n) is 1.31. The third kappa shape index (κ3) is 6.23. The van der Waals surface area contributed by atoms with E-state index in [0.29, 0.717) is 10.9 Å². The molecule has 6 N–H and O–H groups in total. The largest absolute Gasteiger partial charge is 0.359 e. The summed E-state index contributed by atoms with van der Waals surface area (Å²) >= 11 is 5.28. The summed E-state index contributed by atoms with van der Waals surface area (Å²) in [4.78, 5) is 15.2. The van der Waals surface area contributed by atoms with E-state index in [0.717, 1.165) is 5.69 Å². The minimum atomic E-state index is -0.314. The van der Waals surface area contributed by atoms with Crippen LogP contribution in [-0.4, -0.2) is 28.6 Å². The molecule has 122 valence electrons. The molecule has 1 atom stereocenters. The molecule has 0 aliphatic rings. The Morgan fingerprint density at radius 2 is 2.09 bits per heavy atom. The van der Waals surface area contributed by atoms with Gasteiger partial charge in [0.25, 0.3) is 5.91 Å². The lowest BCUT2D eigenvalue weighted by Gasteiger charge is -2.29. The first-order chi connectivity index (χ1) is 10.2. The number of carbonyl (C=O) groups is 1. The second kappa shape index (κ2) is 7.90. The van der Waals surface area contributed by atoms with Crippen molar-refractivity contribution in [3.63, 3.8) is 0 Å². The molecule has 1 unspecified atom stereocenters. The highest BCUT2D eigenvalue weighted by atomic mass is 32.1. The molecular weight excluding hydrogens is 300 g/mol. The van der Waals surface area contributed by atoms with Crippen LogP contribution in [-0.2, 0) is 4.79 Å². The molecule has 0 radical (unpaired) electrons. The number of nitrogens with zero attached hydrogens (tertiary/aromatic N) is 1. The monoisotopic (exact) mass is 324 g/mol. The van der Waals surface area contributed by atoms with E-state index in [4.69, 9.17) is 18.0 Å². The summed E-state index contributed by atoms with van der Waals surface area (Å²) in [6.07, 6.45) is 1.62. The van der Waals surface area contributed by atoms with Crippen LogP contribution in [0.5, 0.6) is 0 Å². The van der Waals surface area contributed by atoms with Crippen LogP contribution in [0.1, 0.15) is 27.7 Å². The van der Waals surface area contributed by atoms with Crippen LogP contribution in [0.2, 0.25) is 0 Å². The predicted octanol–water partition coefficient (Wildman–Crippen LogP) is 1.20. The molecule has 0 saturated carbocycles. The highest BCUT2D eigenvalue weighted by Gasteiger charge is 2.20. The topological polar surface area (TPSA) is 104 Å². The number of anilines is 2. The number of hydrogen-bond donors (Lipinski definition) is 5. The van der Waals surface area contributed by atoms with Crippen molar-refractivity contribution in [1.29, 1.82) is 0 Å². The van der Waals surface area contributed by atoms with Gasteiger partial charge in [-0.3, -0.25) is 15.6 Å². The van der Waals surface area contributed by atoms with E-state index in [1.54, 1.807) is 18.3 Å². The second-order valence-corrected chi connectivity index (χ2v) is 6.40. The van der Waals surface area contributed by atoms with Crippen molar-refractivity contribution in [2.24, 2.45) is 11.1 Å². The molecule has 0 bridgehead atoms. The van der Waals surface area contributed by atoms with Gasteiger partial charge in [0.15, 0.2) is 5.11 Å². The Bertz CT molecular complexity index is 511. The number of aromatic nitrogens is 1. The van der Waals surface area contributed by atoms with Crippen LogP contribution in [0.15, 0.2) is 18.3 Å². The number of hydrazine groups is 1. The van der Waals surface area contributed by atoms with E-state index in [1.165, 1.54) is 0 Å². The van der Waals surface area contributed by atoms with E-state index in [1.807, 2.05) is 0 Å². The first-order valence-electron chi connectivity index (χ1n) is 7.01. The van der Waals surface area contributed by atoms with E-state index < -0.39 is 0 Å². The number of nitrogens with two attached hydrogens (primary N) is 1. The number of amides is 1. The van der Waals surface area contributed by atoms with Gasteiger partial charge >= 0.3 is 0 Å². The van der Waals surface area contributed by atoms with Crippen LogP contribution in [0, 0.1) is 5.41 Å². The van der Waals surface area contributed by atoms with Crippen LogP contribution < -0.4 is 27.2 Å². The zero-order valence-corrected chi connectivity index (χ0v) is 14.2. The molecule has 0 aromatic carbocycles. The normalized spacial score (nSPS) is 12.2. The standard InChI is InChI=1S/C14H24N6OS/c1-9(14(2,3)4)17-13(22)18-10-5-6-11(16-8-10)19-20-12(21)7-15/h5-6,8-9H,7,15H2,1-4H3,(H,16,19)(H,20,21)(H2,17,18,22). The fraction of sp³-hybridized carbons (Fsp3) is 0.500. The van der Waals surface area contributed by atoms with E-state index in [2.05, 4.69) is 54.2 Å². The summed E-state index contributed by atoms with van der Waals surface area (Å²) in [7, 11) is 0. The maximum absolute atomic E-state index is 11.0. The summed E-state index contributed by atoms with van der Waals surface area (Å²) in [5.41, 5.74) is 11.1. The molecule has 1 heterocycles. The molecule has 7 nitrogen and oxygen atoms in total. The van der Waals surface area contributed by atoms with Gasteiger partial charge in [-0.25, -0.2) is 4.98 Å². The Kier molecular flexibility index (Phi) is 6.51. The molecule has 0 fully saturated rings. The number of rotatable bonds is 5. The predicted molar refractivity (Wildman–Crippen MR) is 93.3 cm³/mol. The Morgan fingerprint density at radius 3 is 2.59 bits per heavy atom. The summed E-state index contributed by atoms with van der Waals surface area (Å²) in [6, 6.07) is 3.75. The van der Waals surface area contributed by atoms with Crippen molar-refractivity contribution in [2.75, 3.05) is 17.3 Å². The van der Waals surface area contributed by atoms with Crippen molar-refractivity contribution in [3.05, 3.63) is 18.3 Å².